The van der Waals surface area contributed by atoms with Crippen LogP contribution in [0.3, 0.4) is 0 Å². The zero-order chi connectivity index (χ0) is 83.6. The molecule has 0 spiro atoms. The summed E-state index contributed by atoms with van der Waals surface area (Å²) in [6.45, 7) is 0. The average molecular weight is 1630 g/mol. The molecule has 0 radical (unpaired) electrons. The van der Waals surface area contributed by atoms with Gasteiger partial charge in [-0.15, -0.1) is 34.0 Å². The van der Waals surface area contributed by atoms with E-state index in [0.29, 0.717) is 29.5 Å². The van der Waals surface area contributed by atoms with E-state index >= 15 is 0 Å². The van der Waals surface area contributed by atoms with E-state index in [9.17, 15) is 67.4 Å². The molecule has 0 bridgehead atoms. The van der Waals surface area contributed by atoms with Gasteiger partial charge in [-0.2, -0.15) is 0 Å². The van der Waals surface area contributed by atoms with Crippen LogP contribution in [0.2, 0.25) is 0 Å². The Morgan fingerprint density at radius 1 is 0.302 bits per heavy atom. The monoisotopic (exact) mass is 1630 g/mol. The van der Waals surface area contributed by atoms with Crippen LogP contribution in [0, 0.1) is 11.8 Å². The lowest BCUT2D eigenvalue weighted by atomic mass is 9.90. The van der Waals surface area contributed by atoms with Gasteiger partial charge in [-0.05, 0) is 157 Å². The van der Waals surface area contributed by atoms with Crippen LogP contribution >= 0.6 is 34.0 Å². The first-order valence-corrected chi connectivity index (χ1v) is 39.9. The van der Waals surface area contributed by atoms with Gasteiger partial charge in [-0.1, -0.05) is 188 Å². The van der Waals surface area contributed by atoms with Gasteiger partial charge in [0.15, 0.2) is 11.6 Å². The van der Waals surface area contributed by atoms with Crippen LogP contribution in [0.15, 0.2) is 222 Å². The third-order valence-electron chi connectivity index (χ3n) is 18.7. The van der Waals surface area contributed by atoms with Crippen molar-refractivity contribution in [2.24, 2.45) is 23.3 Å². The van der Waals surface area contributed by atoms with Gasteiger partial charge < -0.3 is 58.1 Å². The summed E-state index contributed by atoms with van der Waals surface area (Å²) >= 11 is 4.95. The smallest absolute Gasteiger partial charge is 0.307 e. The first-order valence-electron chi connectivity index (χ1n) is 37.2. The molecular formula is C89H89N5O19S3. The standard InChI is InChI=1S/C33H31NO6S.C32H34N2O9S.C24H24N2O4S/c35-29(18-23-5-4-6-24(17-23)19-33(39)40)28(14-16-32(37)38)34-31(36)15-11-22-9-12-26(13-10-22)30-20-27(21-41-30)25-7-2-1-3-8-25;33-31(42)22(10-12-28(36)37)15-26(35)25(11-13-29(38)39)34-32(43)23(17-30(40)41)14-19-6-8-21(9-7-19)27-16-24(18-44-27)20-4-2-1-3-5-20;25-24(30)20(11-13-23(28)29)26-22(27)12-8-16-6-9-18(10-7-16)21-14-19(15-31-21)17-4-2-1-3-5-17/h1-10,12-13,17,20-21,28H,11,14-16,18-19H2,(H,34,36)(H,37,38)(H,39,40);1-9,16,18,22-23,25H,10-15,17H2,(H2,33,42)(H,34,43)(H,36,37)(H,38,39)(H,40,41);1-7,9-10,14-15,20H,8,11-13H2,(H2,25,30)(H,26,27)(H,28,29)/t28-;22-,23-,25+;20-/m010/s1. The summed E-state index contributed by atoms with van der Waals surface area (Å²) in [4.78, 5) is 157. The topological polar surface area (TPSA) is 431 Å². The number of hydrogen-bond donors (Lipinski definition) is 11. The number of rotatable bonds is 42. The molecule has 0 unspecified atom stereocenters. The molecule has 24 nitrogen and oxygen atoms in total. The van der Waals surface area contributed by atoms with E-state index in [1.165, 1.54) is 27.1 Å². The van der Waals surface area contributed by atoms with E-state index in [1.807, 2.05) is 127 Å². The molecule has 602 valence electrons. The predicted octanol–water partition coefficient (Wildman–Crippen LogP) is 13.6. The Kier molecular flexibility index (Phi) is 34.5. The Hall–Kier alpha value is -12.9. The van der Waals surface area contributed by atoms with E-state index in [0.717, 1.165) is 48.7 Å². The molecule has 3 aromatic heterocycles. The molecule has 27 heteroatoms. The largest absolute Gasteiger partial charge is 0.481 e. The molecule has 0 saturated heterocycles. The number of carboxylic acid groups (broad SMARTS) is 6. The highest BCUT2D eigenvalue weighted by molar-refractivity contribution is 7.14. The lowest BCUT2D eigenvalue weighted by Gasteiger charge is -2.22. The average Bonchev–Trinajstić information content (AvgIpc) is 1.67. The van der Waals surface area contributed by atoms with Gasteiger partial charge in [0.25, 0.3) is 0 Å². The molecule has 0 aliphatic carbocycles. The number of ketones is 2. The number of aliphatic carboxylic acids is 6. The van der Waals surface area contributed by atoms with E-state index in [1.54, 1.807) is 70.4 Å². The van der Waals surface area contributed by atoms with Crippen molar-refractivity contribution < 1.29 is 93.0 Å². The normalized spacial score (nSPS) is 12.1. The summed E-state index contributed by atoms with van der Waals surface area (Å²) in [5.74, 6) is -13.0. The second-order valence-corrected chi connectivity index (χ2v) is 30.3. The SMILES string of the molecule is NC(=O)[C@H](CCC(=O)O)CC(=O)[C@H](CCC(=O)O)NC(=O)[C@@H](CC(=O)O)Cc1ccc(-c2cc(-c3ccccc3)cs2)cc1.NC(=O)[C@H](CCC(=O)O)NC(=O)CCc1ccc(-c2cc(-c3ccccc3)cs2)cc1.O=C(O)CC[C@H](NC(=O)CCc1ccc(-c2cc(-c3ccccc3)cs2)cc1)C(=O)Cc1cccc(CC(=O)O)c1. The molecule has 13 N–H and O–H groups in total. The van der Waals surface area contributed by atoms with Crippen molar-refractivity contribution in [3.63, 3.8) is 0 Å². The lowest BCUT2D eigenvalue weighted by molar-refractivity contribution is -0.142. The molecule has 7 aromatic carbocycles. The Balaban J connectivity index is 0.000000221. The molecule has 5 amide bonds. The van der Waals surface area contributed by atoms with Crippen LogP contribution in [-0.4, -0.2) is 126 Å². The fourth-order valence-corrected chi connectivity index (χ4v) is 15.2. The van der Waals surface area contributed by atoms with E-state index in [2.05, 4.69) is 74.6 Å². The van der Waals surface area contributed by atoms with Gasteiger partial charge in [-0.3, -0.25) is 62.3 Å². The quantitative estimate of drug-likeness (QED) is 0.0169. The van der Waals surface area contributed by atoms with Gasteiger partial charge in [0.05, 0.1) is 30.8 Å². The number of nitrogens with two attached hydrogens (primary N) is 2. The number of amides is 5. The number of aryl methyl sites for hydroxylation is 2. The van der Waals surface area contributed by atoms with Gasteiger partial charge in [0, 0.05) is 71.9 Å². The van der Waals surface area contributed by atoms with Crippen molar-refractivity contribution in [1.29, 1.82) is 0 Å². The predicted molar refractivity (Wildman–Crippen MR) is 443 cm³/mol. The number of hydrogen-bond acceptors (Lipinski definition) is 16. The third kappa shape index (κ3) is 29.9. The maximum atomic E-state index is 13.3. The summed E-state index contributed by atoms with van der Waals surface area (Å²) in [7, 11) is 0. The molecular weight excluding hydrogens is 1540 g/mol. The Labute approximate surface area is 681 Å². The van der Waals surface area contributed by atoms with Gasteiger partial charge in [0.2, 0.25) is 29.5 Å². The number of carbonyl (C=O) groups excluding carboxylic acids is 7. The number of benzene rings is 7. The highest BCUT2D eigenvalue weighted by atomic mass is 32.1. The first-order chi connectivity index (χ1) is 55.6. The number of Topliss-reactive ketones (excluding diaryl/α,β-unsaturated/α-hetero) is 2. The molecule has 0 fully saturated rings. The number of thiophene rings is 3. The molecule has 116 heavy (non-hydrogen) atoms. The van der Waals surface area contributed by atoms with Crippen LogP contribution in [0.1, 0.15) is 105 Å². The number of carbonyl (C=O) groups is 13. The summed E-state index contributed by atoms with van der Waals surface area (Å²) in [5, 5.41) is 68.5. The van der Waals surface area contributed by atoms with E-state index in [4.69, 9.17) is 37.0 Å². The Bertz CT molecular complexity index is 5030. The molecule has 10 aromatic rings. The molecule has 0 saturated carbocycles. The second-order valence-electron chi connectivity index (χ2n) is 27.5. The minimum absolute atomic E-state index is 0.0170. The van der Waals surface area contributed by atoms with E-state index < -0.39 is 115 Å². The lowest BCUT2D eigenvalue weighted by Crippen LogP contribution is -2.46. The zero-order valence-electron chi connectivity index (χ0n) is 63.1. The van der Waals surface area contributed by atoms with Crippen LogP contribution in [0.4, 0.5) is 0 Å². The minimum atomic E-state index is -1.33. The summed E-state index contributed by atoms with van der Waals surface area (Å²) in [6.07, 6.45) is -1.78. The first kappa shape index (κ1) is 88.7. The second kappa shape index (κ2) is 45.1. The van der Waals surface area contributed by atoms with E-state index in [-0.39, 0.29) is 88.2 Å². The number of nitrogens with one attached hydrogen (secondary N) is 3. The maximum Gasteiger partial charge on any atom is 0.307 e. The van der Waals surface area contributed by atoms with Crippen molar-refractivity contribution in [2.75, 3.05) is 0 Å². The fraction of sp³-hybridized carbons (Fsp3) is 0.247. The maximum absolute atomic E-state index is 13.3. The number of carboxylic acids is 6. The van der Waals surface area contributed by atoms with Gasteiger partial charge in [-0.25, -0.2) is 0 Å². The summed E-state index contributed by atoms with van der Waals surface area (Å²) in [5.41, 5.74) is 24.5. The molecule has 0 aliphatic rings. The van der Waals surface area contributed by atoms with Gasteiger partial charge in [0.1, 0.15) is 6.04 Å². The molecule has 5 atom stereocenters. The van der Waals surface area contributed by atoms with Crippen LogP contribution in [0.25, 0.3) is 64.7 Å². The molecule has 3 heterocycles. The number of primary amides is 2. The van der Waals surface area contributed by atoms with Crippen LogP contribution < -0.4 is 27.4 Å². The zero-order valence-corrected chi connectivity index (χ0v) is 65.6. The Morgan fingerprint density at radius 2 is 0.672 bits per heavy atom. The fourth-order valence-electron chi connectivity index (χ4n) is 12.5. The highest BCUT2D eigenvalue weighted by Gasteiger charge is 2.31. The van der Waals surface area contributed by atoms with Crippen molar-refractivity contribution >= 4 is 111 Å². The molecule has 10 rings (SSSR count). The van der Waals surface area contributed by atoms with Crippen molar-refractivity contribution in [2.45, 2.75) is 127 Å². The third-order valence-corrected chi connectivity index (χ3v) is 21.7. The van der Waals surface area contributed by atoms with Crippen molar-refractivity contribution in [3.05, 3.63) is 250 Å². The van der Waals surface area contributed by atoms with Crippen LogP contribution in [-0.2, 0) is 94.4 Å². The molecule has 0 aliphatic heterocycles. The van der Waals surface area contributed by atoms with Crippen LogP contribution in [0.5, 0.6) is 0 Å². The summed E-state index contributed by atoms with van der Waals surface area (Å²) < 4.78 is 0. The van der Waals surface area contributed by atoms with Gasteiger partial charge >= 0.3 is 35.8 Å². The minimum Gasteiger partial charge on any atom is -0.481 e. The van der Waals surface area contributed by atoms with Crippen molar-refractivity contribution in [3.8, 4) is 64.7 Å². The summed E-state index contributed by atoms with van der Waals surface area (Å²) in [6, 6.07) is 63.7. The van der Waals surface area contributed by atoms with Crippen molar-refractivity contribution in [1.82, 2.24) is 16.0 Å². The Morgan fingerprint density at radius 3 is 1.05 bits per heavy atom. The highest BCUT2D eigenvalue weighted by Crippen LogP contribution is 2.36.